The van der Waals surface area contributed by atoms with Crippen molar-refractivity contribution in [3.8, 4) is 0 Å². The van der Waals surface area contributed by atoms with Crippen molar-refractivity contribution in [3.63, 3.8) is 0 Å². The monoisotopic (exact) mass is 410 g/mol. The zero-order valence-electron chi connectivity index (χ0n) is 15.6. The number of nitrogens with zero attached hydrogens (tertiary/aromatic N) is 2. The third-order valence-electron chi connectivity index (χ3n) is 5.82. The van der Waals surface area contributed by atoms with Gasteiger partial charge in [0.25, 0.3) is 5.91 Å². The molecular formula is C22H19ClN2O4. The molecule has 7 heteroatoms. The standard InChI is InChI=1S/C22H19ClN2O4/c23-15-7-5-14(6-8-15)13-29-21(28)22-12-11-19(26)25(22)18-4-2-1-3-17(18)20(27)24(22)16-9-10-16/h1-8,16H,9-13H2. The average Bonchev–Trinajstić information content (AvgIpc) is 3.50. The fourth-order valence-electron chi connectivity index (χ4n) is 4.36. The maximum atomic E-state index is 13.4. The van der Waals surface area contributed by atoms with E-state index in [1.165, 1.54) is 4.90 Å². The summed E-state index contributed by atoms with van der Waals surface area (Å²) in [5, 5.41) is 0.598. The molecule has 2 heterocycles. The van der Waals surface area contributed by atoms with Gasteiger partial charge in [0, 0.05) is 23.9 Å². The highest BCUT2D eigenvalue weighted by atomic mass is 35.5. The first-order chi connectivity index (χ1) is 14.0. The molecule has 1 saturated carbocycles. The number of fused-ring (bicyclic) bond motifs is 3. The van der Waals surface area contributed by atoms with Gasteiger partial charge in [-0.15, -0.1) is 0 Å². The third-order valence-corrected chi connectivity index (χ3v) is 6.07. The van der Waals surface area contributed by atoms with Gasteiger partial charge in [-0.25, -0.2) is 4.79 Å². The lowest BCUT2D eigenvalue weighted by molar-refractivity contribution is -0.159. The van der Waals surface area contributed by atoms with Crippen LogP contribution in [0.15, 0.2) is 48.5 Å². The Bertz CT molecular complexity index is 1020. The van der Waals surface area contributed by atoms with E-state index in [0.717, 1.165) is 18.4 Å². The molecule has 1 atom stereocenters. The molecular weight excluding hydrogens is 392 g/mol. The van der Waals surface area contributed by atoms with Gasteiger partial charge in [0.15, 0.2) is 0 Å². The SMILES string of the molecule is O=C1CCC2(C(=O)OCc3ccc(Cl)cc3)N1c1ccccc1C(=O)N2C1CC1. The van der Waals surface area contributed by atoms with Gasteiger partial charge in [0.05, 0.1) is 11.3 Å². The van der Waals surface area contributed by atoms with Gasteiger partial charge in [0.2, 0.25) is 11.6 Å². The maximum absolute atomic E-state index is 13.4. The molecule has 2 aliphatic heterocycles. The molecule has 1 saturated heterocycles. The number of carbonyl (C=O) groups excluding carboxylic acids is 3. The molecule has 148 valence electrons. The second-order valence-electron chi connectivity index (χ2n) is 7.67. The van der Waals surface area contributed by atoms with E-state index in [1.807, 2.05) is 0 Å². The third kappa shape index (κ3) is 2.74. The predicted octanol–water partition coefficient (Wildman–Crippen LogP) is 3.52. The van der Waals surface area contributed by atoms with Crippen LogP contribution in [0.3, 0.4) is 0 Å². The minimum Gasteiger partial charge on any atom is -0.458 e. The van der Waals surface area contributed by atoms with Crippen molar-refractivity contribution in [3.05, 3.63) is 64.7 Å². The van der Waals surface area contributed by atoms with E-state index in [9.17, 15) is 14.4 Å². The van der Waals surface area contributed by atoms with Crippen molar-refractivity contribution in [1.82, 2.24) is 4.90 Å². The second-order valence-corrected chi connectivity index (χ2v) is 8.11. The number of carbonyl (C=O) groups is 3. The van der Waals surface area contributed by atoms with Gasteiger partial charge in [-0.2, -0.15) is 0 Å². The first kappa shape index (κ1) is 18.2. The maximum Gasteiger partial charge on any atom is 0.354 e. The molecule has 29 heavy (non-hydrogen) atoms. The first-order valence-corrected chi connectivity index (χ1v) is 10.1. The topological polar surface area (TPSA) is 66.9 Å². The summed E-state index contributed by atoms with van der Waals surface area (Å²) >= 11 is 5.91. The Balaban J connectivity index is 1.54. The van der Waals surface area contributed by atoms with Gasteiger partial charge >= 0.3 is 5.97 Å². The summed E-state index contributed by atoms with van der Waals surface area (Å²) in [6.45, 7) is 0.0497. The van der Waals surface area contributed by atoms with Crippen molar-refractivity contribution in [2.24, 2.45) is 0 Å². The quantitative estimate of drug-likeness (QED) is 0.723. The average molecular weight is 411 g/mol. The lowest BCUT2D eigenvalue weighted by Gasteiger charge is -2.48. The van der Waals surface area contributed by atoms with E-state index < -0.39 is 11.6 Å². The number of anilines is 1. The summed E-state index contributed by atoms with van der Waals surface area (Å²) in [5.74, 6) is -0.940. The van der Waals surface area contributed by atoms with Crippen LogP contribution in [0.4, 0.5) is 5.69 Å². The minimum absolute atomic E-state index is 0.0488. The van der Waals surface area contributed by atoms with Gasteiger partial charge < -0.3 is 9.64 Å². The van der Waals surface area contributed by atoms with E-state index in [-0.39, 0.29) is 37.3 Å². The van der Waals surface area contributed by atoms with Crippen molar-refractivity contribution < 1.29 is 19.1 Å². The summed E-state index contributed by atoms with van der Waals surface area (Å²) in [6, 6.07) is 13.9. The van der Waals surface area contributed by atoms with E-state index in [4.69, 9.17) is 16.3 Å². The number of hydrogen-bond acceptors (Lipinski definition) is 4. The zero-order chi connectivity index (χ0) is 20.2. The molecule has 0 N–H and O–H groups in total. The number of benzene rings is 2. The Morgan fingerprint density at radius 2 is 1.83 bits per heavy atom. The van der Waals surface area contributed by atoms with Crippen molar-refractivity contribution >= 4 is 35.1 Å². The van der Waals surface area contributed by atoms with Crippen LogP contribution in [0.5, 0.6) is 0 Å². The number of amides is 2. The summed E-state index contributed by atoms with van der Waals surface area (Å²) in [5.41, 5.74) is 0.322. The fraction of sp³-hybridized carbons (Fsp3) is 0.318. The van der Waals surface area contributed by atoms with Gasteiger partial charge in [-0.3, -0.25) is 14.5 Å². The summed E-state index contributed by atoms with van der Waals surface area (Å²) in [7, 11) is 0. The number of ether oxygens (including phenoxy) is 1. The van der Waals surface area contributed by atoms with Crippen LogP contribution < -0.4 is 4.90 Å². The van der Waals surface area contributed by atoms with E-state index >= 15 is 0 Å². The Morgan fingerprint density at radius 1 is 1.10 bits per heavy atom. The smallest absolute Gasteiger partial charge is 0.354 e. The van der Waals surface area contributed by atoms with Crippen LogP contribution in [-0.2, 0) is 20.9 Å². The van der Waals surface area contributed by atoms with Crippen molar-refractivity contribution in [2.45, 2.75) is 44.0 Å². The van der Waals surface area contributed by atoms with Crippen LogP contribution >= 0.6 is 11.6 Å². The first-order valence-electron chi connectivity index (χ1n) is 9.70. The number of hydrogen-bond donors (Lipinski definition) is 0. The molecule has 1 aliphatic carbocycles. The molecule has 0 spiro atoms. The normalized spacial score (nSPS) is 23.1. The van der Waals surface area contributed by atoms with Crippen molar-refractivity contribution in [1.29, 1.82) is 0 Å². The van der Waals surface area contributed by atoms with E-state index in [0.29, 0.717) is 16.3 Å². The van der Waals surface area contributed by atoms with Crippen LogP contribution in [0.1, 0.15) is 41.6 Å². The number of esters is 1. The molecule has 0 bridgehead atoms. The Hall–Kier alpha value is -2.86. The molecule has 2 amide bonds. The Labute approximate surface area is 173 Å². The van der Waals surface area contributed by atoms with Gasteiger partial charge in [-0.1, -0.05) is 35.9 Å². The lowest BCUT2D eigenvalue weighted by Crippen LogP contribution is -2.69. The van der Waals surface area contributed by atoms with Gasteiger partial charge in [0.1, 0.15) is 6.61 Å². The predicted molar refractivity (Wildman–Crippen MR) is 106 cm³/mol. The highest BCUT2D eigenvalue weighted by molar-refractivity contribution is 6.30. The Morgan fingerprint density at radius 3 is 2.55 bits per heavy atom. The number of para-hydroxylation sites is 1. The molecule has 0 radical (unpaired) electrons. The lowest BCUT2D eigenvalue weighted by atomic mass is 9.96. The largest absolute Gasteiger partial charge is 0.458 e. The van der Waals surface area contributed by atoms with E-state index in [2.05, 4.69) is 0 Å². The fourth-order valence-corrected chi connectivity index (χ4v) is 4.48. The summed E-state index contributed by atoms with van der Waals surface area (Å²) in [6.07, 6.45) is 2.08. The molecule has 2 fully saturated rings. The molecule has 5 rings (SSSR count). The van der Waals surface area contributed by atoms with Crippen LogP contribution in [0.25, 0.3) is 0 Å². The number of rotatable bonds is 4. The Kier molecular flexibility index (Phi) is 4.13. The molecule has 6 nitrogen and oxygen atoms in total. The van der Waals surface area contributed by atoms with Crippen LogP contribution in [-0.4, -0.2) is 34.4 Å². The second kappa shape index (κ2) is 6.59. The summed E-state index contributed by atoms with van der Waals surface area (Å²) < 4.78 is 5.66. The minimum atomic E-state index is -1.41. The van der Waals surface area contributed by atoms with Gasteiger partial charge in [-0.05, 0) is 42.7 Å². The molecule has 2 aromatic carbocycles. The summed E-state index contributed by atoms with van der Waals surface area (Å²) in [4.78, 5) is 42.7. The van der Waals surface area contributed by atoms with Crippen LogP contribution in [0, 0.1) is 0 Å². The highest BCUT2D eigenvalue weighted by Crippen LogP contribution is 2.49. The zero-order valence-corrected chi connectivity index (χ0v) is 16.4. The van der Waals surface area contributed by atoms with E-state index in [1.54, 1.807) is 53.4 Å². The molecule has 3 aliphatic rings. The molecule has 1 unspecified atom stereocenters. The molecule has 0 aromatic heterocycles. The highest BCUT2D eigenvalue weighted by Gasteiger charge is 2.64. The number of halogens is 1. The van der Waals surface area contributed by atoms with Crippen molar-refractivity contribution in [2.75, 3.05) is 4.90 Å². The molecule has 2 aromatic rings. The van der Waals surface area contributed by atoms with Crippen LogP contribution in [0.2, 0.25) is 5.02 Å².